The van der Waals surface area contributed by atoms with Crippen LogP contribution < -0.4 is 10.6 Å². The molecule has 188 valence electrons. The molecule has 1 atom stereocenters. The third kappa shape index (κ3) is 4.97. The minimum absolute atomic E-state index is 0.0342. The van der Waals surface area contributed by atoms with Crippen molar-refractivity contribution in [2.24, 2.45) is 23.2 Å². The van der Waals surface area contributed by atoms with Crippen molar-refractivity contribution < 1.29 is 19.1 Å². The number of nitrogens with one attached hydrogen (secondary N) is 2. The van der Waals surface area contributed by atoms with Crippen LogP contribution in [0.4, 0.5) is 5.00 Å². The number of nitriles is 1. The molecule has 0 radical (unpaired) electrons. The second-order valence-electron chi connectivity index (χ2n) is 11.2. The highest BCUT2D eigenvalue weighted by Gasteiger charge is 2.54. The summed E-state index contributed by atoms with van der Waals surface area (Å²) in [5, 5.41) is 16.0. The molecule has 7 nitrogen and oxygen atoms in total. The van der Waals surface area contributed by atoms with Gasteiger partial charge in [0.1, 0.15) is 11.1 Å². The van der Waals surface area contributed by atoms with Gasteiger partial charge in [-0.3, -0.25) is 14.4 Å². The molecule has 4 saturated carbocycles. The summed E-state index contributed by atoms with van der Waals surface area (Å²) in [4.78, 5) is 39.2. The van der Waals surface area contributed by atoms with Gasteiger partial charge in [-0.2, -0.15) is 5.26 Å². The standard InChI is InChI=1S/C27H35N3O4S/c1-16(24(32)30-25-21(15-28)20-5-3-2-4-6-22(20)35-25)34-23(31)7-8-29-26(33)27-12-17-9-18(13-27)11-19(10-17)14-27/h16-19H,2-14H2,1H3,(H,29,33)(H,30,32). The quantitative estimate of drug-likeness (QED) is 0.426. The average molecular weight is 498 g/mol. The van der Waals surface area contributed by atoms with Gasteiger partial charge in [0.25, 0.3) is 5.91 Å². The van der Waals surface area contributed by atoms with E-state index in [1.807, 2.05) is 0 Å². The number of fused-ring (bicyclic) bond motifs is 1. The van der Waals surface area contributed by atoms with Crippen LogP contribution in [0.25, 0.3) is 0 Å². The summed E-state index contributed by atoms with van der Waals surface area (Å²) in [6, 6.07) is 2.25. The van der Waals surface area contributed by atoms with E-state index in [1.165, 1.54) is 42.4 Å². The van der Waals surface area contributed by atoms with Gasteiger partial charge in [-0.25, -0.2) is 0 Å². The molecular formula is C27H35N3O4S. The Morgan fingerprint density at radius 2 is 1.74 bits per heavy atom. The molecule has 1 aromatic rings. The SMILES string of the molecule is CC(OC(=O)CCNC(=O)C12CC3CC(CC(C3)C1)C2)C(=O)Nc1sc2c(c1C#N)CCCCC2. The number of anilines is 1. The van der Waals surface area contributed by atoms with Crippen LogP contribution in [-0.2, 0) is 32.0 Å². The second kappa shape index (κ2) is 9.93. The Kier molecular flexibility index (Phi) is 6.89. The maximum absolute atomic E-state index is 13.0. The molecule has 2 amide bonds. The third-order valence-corrected chi connectivity index (χ3v) is 9.79. The van der Waals surface area contributed by atoms with E-state index >= 15 is 0 Å². The fourth-order valence-electron chi connectivity index (χ4n) is 7.33. The third-order valence-electron chi connectivity index (χ3n) is 8.58. The number of hydrogen-bond donors (Lipinski definition) is 2. The lowest BCUT2D eigenvalue weighted by molar-refractivity contribution is -0.153. The van der Waals surface area contributed by atoms with Crippen molar-refractivity contribution in [1.29, 1.82) is 5.26 Å². The van der Waals surface area contributed by atoms with Crippen LogP contribution in [0.5, 0.6) is 0 Å². The smallest absolute Gasteiger partial charge is 0.308 e. The summed E-state index contributed by atoms with van der Waals surface area (Å²) < 4.78 is 5.33. The zero-order valence-corrected chi connectivity index (χ0v) is 21.3. The molecule has 8 heteroatoms. The first-order chi connectivity index (χ1) is 16.9. The van der Waals surface area contributed by atoms with Crippen LogP contribution in [-0.4, -0.2) is 30.4 Å². The van der Waals surface area contributed by atoms with Crippen LogP contribution in [0.15, 0.2) is 0 Å². The predicted octanol–water partition coefficient (Wildman–Crippen LogP) is 4.48. The maximum Gasteiger partial charge on any atom is 0.308 e. The van der Waals surface area contributed by atoms with E-state index in [4.69, 9.17) is 4.74 Å². The number of carbonyl (C=O) groups is 3. The fraction of sp³-hybridized carbons (Fsp3) is 0.704. The number of amides is 2. The first kappa shape index (κ1) is 24.3. The van der Waals surface area contributed by atoms with E-state index in [9.17, 15) is 19.6 Å². The molecule has 4 bridgehead atoms. The Bertz CT molecular complexity index is 1020. The Hall–Kier alpha value is -2.40. The lowest BCUT2D eigenvalue weighted by Gasteiger charge is -2.55. The summed E-state index contributed by atoms with van der Waals surface area (Å²) in [5.74, 6) is 1.21. The number of carbonyl (C=O) groups excluding carboxylic acids is 3. The predicted molar refractivity (Wildman–Crippen MR) is 133 cm³/mol. The molecule has 5 aliphatic rings. The topological polar surface area (TPSA) is 108 Å². The Morgan fingerprint density at radius 3 is 2.40 bits per heavy atom. The highest BCUT2D eigenvalue weighted by molar-refractivity contribution is 7.16. The van der Waals surface area contributed by atoms with Gasteiger partial charge in [0, 0.05) is 16.8 Å². The molecule has 1 aromatic heterocycles. The van der Waals surface area contributed by atoms with E-state index in [2.05, 4.69) is 16.7 Å². The van der Waals surface area contributed by atoms with E-state index in [-0.39, 0.29) is 24.3 Å². The summed E-state index contributed by atoms with van der Waals surface area (Å²) in [6.45, 7) is 1.76. The number of nitrogens with zero attached hydrogens (tertiary/aromatic N) is 1. The van der Waals surface area contributed by atoms with Crippen molar-refractivity contribution in [1.82, 2.24) is 5.32 Å². The van der Waals surface area contributed by atoms with Gasteiger partial charge in [-0.1, -0.05) is 6.42 Å². The van der Waals surface area contributed by atoms with Crippen molar-refractivity contribution in [2.45, 2.75) is 90.1 Å². The zero-order valence-electron chi connectivity index (χ0n) is 20.5. The highest BCUT2D eigenvalue weighted by atomic mass is 32.1. The van der Waals surface area contributed by atoms with E-state index in [0.717, 1.165) is 56.9 Å². The maximum atomic E-state index is 13.0. The molecule has 2 N–H and O–H groups in total. The summed E-state index contributed by atoms with van der Waals surface area (Å²) >= 11 is 1.46. The fourth-order valence-corrected chi connectivity index (χ4v) is 8.57. The first-order valence-corrected chi connectivity index (χ1v) is 14.0. The molecule has 4 fully saturated rings. The summed E-state index contributed by atoms with van der Waals surface area (Å²) in [7, 11) is 0. The van der Waals surface area contributed by atoms with Gasteiger partial charge in [0.05, 0.1) is 12.0 Å². The Labute approximate surface area is 211 Å². The number of hydrogen-bond acceptors (Lipinski definition) is 6. The summed E-state index contributed by atoms with van der Waals surface area (Å²) in [6.07, 6.45) is 11.0. The number of ether oxygens (including phenoxy) is 1. The molecular weight excluding hydrogens is 462 g/mol. The second-order valence-corrected chi connectivity index (χ2v) is 12.3. The lowest BCUT2D eigenvalue weighted by atomic mass is 9.49. The van der Waals surface area contributed by atoms with E-state index in [1.54, 1.807) is 0 Å². The minimum Gasteiger partial charge on any atom is -0.452 e. The molecule has 1 unspecified atom stereocenters. The Balaban J connectivity index is 1.09. The number of aryl methyl sites for hydroxylation is 1. The molecule has 0 spiro atoms. The van der Waals surface area contributed by atoms with Crippen molar-refractivity contribution in [3.63, 3.8) is 0 Å². The van der Waals surface area contributed by atoms with E-state index in [0.29, 0.717) is 28.3 Å². The Morgan fingerprint density at radius 1 is 1.09 bits per heavy atom. The van der Waals surface area contributed by atoms with Crippen LogP contribution in [0.2, 0.25) is 0 Å². The van der Waals surface area contributed by atoms with Gasteiger partial charge >= 0.3 is 5.97 Å². The van der Waals surface area contributed by atoms with Crippen molar-refractivity contribution >= 4 is 34.1 Å². The molecule has 1 heterocycles. The van der Waals surface area contributed by atoms with Gasteiger partial charge in [0.2, 0.25) is 5.91 Å². The molecule has 0 aromatic carbocycles. The molecule has 35 heavy (non-hydrogen) atoms. The van der Waals surface area contributed by atoms with Gasteiger partial charge in [-0.15, -0.1) is 11.3 Å². The zero-order chi connectivity index (χ0) is 24.6. The largest absolute Gasteiger partial charge is 0.452 e. The molecule has 0 saturated heterocycles. The van der Waals surface area contributed by atoms with Crippen LogP contribution in [0, 0.1) is 34.5 Å². The van der Waals surface area contributed by atoms with Gasteiger partial charge < -0.3 is 15.4 Å². The van der Waals surface area contributed by atoms with Crippen molar-refractivity contribution in [2.75, 3.05) is 11.9 Å². The lowest BCUT2D eigenvalue weighted by Crippen LogP contribution is -2.53. The summed E-state index contributed by atoms with van der Waals surface area (Å²) in [5.41, 5.74) is 1.37. The van der Waals surface area contributed by atoms with Gasteiger partial charge in [-0.05, 0) is 94.4 Å². The molecule has 5 aliphatic carbocycles. The number of rotatable bonds is 7. The highest BCUT2D eigenvalue weighted by Crippen LogP contribution is 2.60. The van der Waals surface area contributed by atoms with E-state index < -0.39 is 18.0 Å². The van der Waals surface area contributed by atoms with Crippen molar-refractivity contribution in [3.05, 3.63) is 16.0 Å². The molecule has 0 aliphatic heterocycles. The number of esters is 1. The normalized spacial score (nSPS) is 29.4. The average Bonchev–Trinajstić information content (AvgIpc) is 2.96. The molecule has 6 rings (SSSR count). The number of thiophene rings is 1. The van der Waals surface area contributed by atoms with Crippen LogP contribution in [0.1, 0.15) is 87.1 Å². The first-order valence-electron chi connectivity index (χ1n) is 13.2. The minimum atomic E-state index is -0.977. The van der Waals surface area contributed by atoms with Crippen LogP contribution >= 0.6 is 11.3 Å². The van der Waals surface area contributed by atoms with Gasteiger partial charge in [0.15, 0.2) is 6.10 Å². The monoisotopic (exact) mass is 497 g/mol. The van der Waals surface area contributed by atoms with Crippen LogP contribution in [0.3, 0.4) is 0 Å². The van der Waals surface area contributed by atoms with Crippen molar-refractivity contribution in [3.8, 4) is 6.07 Å².